The van der Waals surface area contributed by atoms with E-state index < -0.39 is 5.91 Å². The molecule has 1 unspecified atom stereocenters. The number of furan rings is 1. The van der Waals surface area contributed by atoms with E-state index in [-0.39, 0.29) is 17.6 Å². The Labute approximate surface area is 138 Å². The van der Waals surface area contributed by atoms with Gasteiger partial charge in [-0.2, -0.15) is 0 Å². The number of hydrogen-bond acceptors (Lipinski definition) is 4. The van der Waals surface area contributed by atoms with Crippen molar-refractivity contribution < 1.29 is 14.0 Å². The van der Waals surface area contributed by atoms with Gasteiger partial charge < -0.3 is 20.4 Å². The molecule has 1 fully saturated rings. The van der Waals surface area contributed by atoms with Gasteiger partial charge in [-0.1, -0.05) is 11.6 Å². The lowest BCUT2D eigenvalue weighted by molar-refractivity contribution is -0.119. The molecule has 6 nitrogen and oxygen atoms in total. The first-order valence-electron chi connectivity index (χ1n) is 7.29. The van der Waals surface area contributed by atoms with Crippen LogP contribution in [0.25, 0.3) is 0 Å². The molecule has 1 aromatic heterocycles. The highest BCUT2D eigenvalue weighted by atomic mass is 35.5. The molecule has 120 valence electrons. The molecular weight excluding hydrogens is 318 g/mol. The number of nitrogens with one attached hydrogen (secondary N) is 3. The molecule has 1 aliphatic rings. The first kappa shape index (κ1) is 15.6. The summed E-state index contributed by atoms with van der Waals surface area (Å²) in [5.74, 6) is -0.373. The predicted octanol–water partition coefficient (Wildman–Crippen LogP) is 2.73. The maximum absolute atomic E-state index is 12.3. The summed E-state index contributed by atoms with van der Waals surface area (Å²) in [6, 6.07) is 8.10. The molecule has 1 aromatic carbocycles. The van der Waals surface area contributed by atoms with Gasteiger partial charge in [0.2, 0.25) is 5.91 Å². The lowest BCUT2D eigenvalue weighted by atomic mass is 10.1. The van der Waals surface area contributed by atoms with Crippen LogP contribution in [0, 0.1) is 5.92 Å². The maximum Gasteiger partial charge on any atom is 0.291 e. The van der Waals surface area contributed by atoms with Crippen LogP contribution in [0.5, 0.6) is 0 Å². The van der Waals surface area contributed by atoms with Crippen molar-refractivity contribution in [3.8, 4) is 0 Å². The fourth-order valence-electron chi connectivity index (χ4n) is 2.43. The molecule has 0 bridgehead atoms. The highest BCUT2D eigenvalue weighted by Crippen LogP contribution is 2.27. The van der Waals surface area contributed by atoms with Gasteiger partial charge in [-0.3, -0.25) is 9.59 Å². The topological polar surface area (TPSA) is 83.4 Å². The van der Waals surface area contributed by atoms with Crippen molar-refractivity contribution >= 4 is 34.8 Å². The summed E-state index contributed by atoms with van der Waals surface area (Å²) in [6.45, 7) is 1.49. The van der Waals surface area contributed by atoms with Crippen LogP contribution < -0.4 is 16.0 Å². The standard InChI is InChI=1S/C16H16ClN3O3/c17-11-3-4-12(19-15(21)10-5-6-18-9-10)13(8-11)20-16(22)14-2-1-7-23-14/h1-4,7-8,10,18H,5-6,9H2,(H,19,21)(H,20,22). The molecule has 2 heterocycles. The van der Waals surface area contributed by atoms with Crippen molar-refractivity contribution in [3.05, 3.63) is 47.4 Å². The van der Waals surface area contributed by atoms with E-state index in [9.17, 15) is 9.59 Å². The van der Waals surface area contributed by atoms with E-state index in [0.717, 1.165) is 13.0 Å². The average Bonchev–Trinajstić information content (AvgIpc) is 3.23. The lowest BCUT2D eigenvalue weighted by Gasteiger charge is -2.14. The van der Waals surface area contributed by atoms with Gasteiger partial charge in [-0.15, -0.1) is 0 Å². The fourth-order valence-corrected chi connectivity index (χ4v) is 2.61. The van der Waals surface area contributed by atoms with Crippen LogP contribution in [0.1, 0.15) is 17.0 Å². The van der Waals surface area contributed by atoms with Gasteiger partial charge in [0.25, 0.3) is 5.91 Å². The summed E-state index contributed by atoms with van der Waals surface area (Å²) in [5, 5.41) is 9.16. The number of rotatable bonds is 4. The molecule has 2 aromatic rings. The molecule has 1 aliphatic heterocycles. The summed E-state index contributed by atoms with van der Waals surface area (Å²) in [5.41, 5.74) is 0.935. The highest BCUT2D eigenvalue weighted by Gasteiger charge is 2.23. The Kier molecular flexibility index (Phi) is 4.64. The molecule has 2 amide bonds. The van der Waals surface area contributed by atoms with Crippen molar-refractivity contribution in [2.75, 3.05) is 23.7 Å². The SMILES string of the molecule is O=C(Nc1cc(Cl)ccc1NC(=O)C1CCNC1)c1ccco1. The lowest BCUT2D eigenvalue weighted by Crippen LogP contribution is -2.25. The van der Waals surface area contributed by atoms with E-state index in [1.807, 2.05) is 0 Å². The number of carbonyl (C=O) groups excluding carboxylic acids is 2. The predicted molar refractivity (Wildman–Crippen MR) is 87.7 cm³/mol. The van der Waals surface area contributed by atoms with E-state index in [2.05, 4.69) is 16.0 Å². The molecule has 0 saturated carbocycles. The maximum atomic E-state index is 12.3. The van der Waals surface area contributed by atoms with Gasteiger partial charge in [-0.05, 0) is 43.3 Å². The highest BCUT2D eigenvalue weighted by molar-refractivity contribution is 6.31. The van der Waals surface area contributed by atoms with E-state index in [1.54, 1.807) is 30.3 Å². The van der Waals surface area contributed by atoms with Crippen LogP contribution in [0.15, 0.2) is 41.0 Å². The summed E-state index contributed by atoms with van der Waals surface area (Å²) >= 11 is 5.99. The first-order chi connectivity index (χ1) is 11.1. The zero-order valence-corrected chi connectivity index (χ0v) is 13.0. The molecule has 0 radical (unpaired) electrons. The van der Waals surface area contributed by atoms with Gasteiger partial charge in [0, 0.05) is 11.6 Å². The fraction of sp³-hybridized carbons (Fsp3) is 0.250. The Morgan fingerprint density at radius 3 is 2.78 bits per heavy atom. The third kappa shape index (κ3) is 3.72. The van der Waals surface area contributed by atoms with Crippen LogP contribution in [0.2, 0.25) is 5.02 Å². The summed E-state index contributed by atoms with van der Waals surface area (Å²) in [4.78, 5) is 24.4. The minimum absolute atomic E-state index is 0.0701. The van der Waals surface area contributed by atoms with E-state index >= 15 is 0 Å². The number of halogens is 1. The van der Waals surface area contributed by atoms with Gasteiger partial charge in [0.1, 0.15) is 0 Å². The Balaban J connectivity index is 1.77. The van der Waals surface area contributed by atoms with E-state index in [4.69, 9.17) is 16.0 Å². The first-order valence-corrected chi connectivity index (χ1v) is 7.67. The van der Waals surface area contributed by atoms with Crippen LogP contribution in [-0.2, 0) is 4.79 Å². The molecular formula is C16H16ClN3O3. The quantitative estimate of drug-likeness (QED) is 0.803. The second-order valence-corrected chi connectivity index (χ2v) is 5.74. The Hall–Kier alpha value is -2.31. The Bertz CT molecular complexity index is 709. The molecule has 1 atom stereocenters. The number of anilines is 2. The zero-order valence-electron chi connectivity index (χ0n) is 12.3. The van der Waals surface area contributed by atoms with Crippen LogP contribution in [-0.4, -0.2) is 24.9 Å². The van der Waals surface area contributed by atoms with Gasteiger partial charge in [-0.25, -0.2) is 0 Å². The van der Waals surface area contributed by atoms with Crippen molar-refractivity contribution in [2.24, 2.45) is 5.92 Å². The number of benzene rings is 1. The number of hydrogen-bond donors (Lipinski definition) is 3. The smallest absolute Gasteiger partial charge is 0.291 e. The molecule has 0 aliphatic carbocycles. The Morgan fingerprint density at radius 2 is 2.09 bits per heavy atom. The number of carbonyl (C=O) groups is 2. The monoisotopic (exact) mass is 333 g/mol. The average molecular weight is 334 g/mol. The van der Waals surface area contributed by atoms with E-state index in [1.165, 1.54) is 6.26 Å². The molecule has 7 heteroatoms. The third-order valence-corrected chi connectivity index (χ3v) is 3.90. The van der Waals surface area contributed by atoms with Crippen LogP contribution in [0.3, 0.4) is 0 Å². The van der Waals surface area contributed by atoms with Crippen molar-refractivity contribution in [2.45, 2.75) is 6.42 Å². The minimum atomic E-state index is -0.407. The third-order valence-electron chi connectivity index (χ3n) is 3.66. The Morgan fingerprint density at radius 1 is 1.22 bits per heavy atom. The molecule has 3 N–H and O–H groups in total. The second kappa shape index (κ2) is 6.85. The molecule has 23 heavy (non-hydrogen) atoms. The molecule has 0 spiro atoms. The van der Waals surface area contributed by atoms with Crippen LogP contribution in [0.4, 0.5) is 11.4 Å². The summed E-state index contributed by atoms with van der Waals surface area (Å²) in [6.07, 6.45) is 2.22. The normalized spacial score (nSPS) is 17.0. The molecule has 1 saturated heterocycles. The van der Waals surface area contributed by atoms with Crippen LogP contribution >= 0.6 is 11.6 Å². The summed E-state index contributed by atoms with van der Waals surface area (Å²) < 4.78 is 5.06. The minimum Gasteiger partial charge on any atom is -0.459 e. The van der Waals surface area contributed by atoms with Crippen molar-refractivity contribution in [1.82, 2.24) is 5.32 Å². The number of amides is 2. The summed E-state index contributed by atoms with van der Waals surface area (Å²) in [7, 11) is 0. The van der Waals surface area contributed by atoms with Gasteiger partial charge in [0.05, 0.1) is 23.6 Å². The zero-order chi connectivity index (χ0) is 16.2. The van der Waals surface area contributed by atoms with Crippen molar-refractivity contribution in [3.63, 3.8) is 0 Å². The van der Waals surface area contributed by atoms with Gasteiger partial charge >= 0.3 is 0 Å². The second-order valence-electron chi connectivity index (χ2n) is 5.30. The largest absolute Gasteiger partial charge is 0.459 e. The van der Waals surface area contributed by atoms with Crippen molar-refractivity contribution in [1.29, 1.82) is 0 Å². The molecule has 3 rings (SSSR count). The van der Waals surface area contributed by atoms with E-state index in [0.29, 0.717) is 22.9 Å². The van der Waals surface area contributed by atoms with Gasteiger partial charge in [0.15, 0.2) is 5.76 Å².